The lowest BCUT2D eigenvalue weighted by Crippen LogP contribution is -2.46. The Kier molecular flexibility index (Phi) is 10.1. The molecule has 7 nitrogen and oxygen atoms in total. The Morgan fingerprint density at radius 1 is 1.05 bits per heavy atom. The van der Waals surface area contributed by atoms with Gasteiger partial charge in [-0.1, -0.05) is 15.9 Å². The number of benzene rings is 3. The second-order valence-electron chi connectivity index (χ2n) is 9.14. The first kappa shape index (κ1) is 27.6. The van der Waals surface area contributed by atoms with Gasteiger partial charge in [-0.25, -0.2) is 9.82 Å². The van der Waals surface area contributed by atoms with Crippen molar-refractivity contribution in [2.24, 2.45) is 5.10 Å². The number of amides is 1. The molecule has 0 aromatic heterocycles. The number of anilines is 2. The number of halogens is 2. The monoisotopic (exact) mass is 581 g/mol. The van der Waals surface area contributed by atoms with Gasteiger partial charge >= 0.3 is 0 Å². The van der Waals surface area contributed by atoms with Crippen molar-refractivity contribution >= 4 is 39.4 Å². The number of hydrogen-bond acceptors (Lipinski definition) is 6. The highest BCUT2D eigenvalue weighted by atomic mass is 79.9. The van der Waals surface area contributed by atoms with E-state index in [0.717, 1.165) is 65.4 Å². The number of rotatable bonds is 11. The van der Waals surface area contributed by atoms with E-state index >= 15 is 0 Å². The molecule has 1 amide bonds. The van der Waals surface area contributed by atoms with Crippen molar-refractivity contribution < 1.29 is 13.9 Å². The number of nitrogens with one attached hydrogen (secondary N) is 2. The zero-order valence-electron chi connectivity index (χ0n) is 21.5. The fraction of sp³-hybridized carbons (Fsp3) is 0.310. The highest BCUT2D eigenvalue weighted by Crippen LogP contribution is 2.23. The Balaban J connectivity index is 1.22. The van der Waals surface area contributed by atoms with Gasteiger partial charge in [-0.15, -0.1) is 0 Å². The van der Waals surface area contributed by atoms with Gasteiger partial charge in [-0.2, -0.15) is 5.10 Å². The van der Waals surface area contributed by atoms with E-state index in [0.29, 0.717) is 19.4 Å². The molecular formula is C29H33BrFN5O2. The van der Waals surface area contributed by atoms with Gasteiger partial charge < -0.3 is 15.0 Å². The molecule has 1 heterocycles. The van der Waals surface area contributed by atoms with E-state index < -0.39 is 0 Å². The molecule has 200 valence electrons. The summed E-state index contributed by atoms with van der Waals surface area (Å²) in [7, 11) is 1.67. The lowest BCUT2D eigenvalue weighted by Gasteiger charge is -2.36. The Morgan fingerprint density at radius 3 is 2.50 bits per heavy atom. The Labute approximate surface area is 231 Å². The summed E-state index contributed by atoms with van der Waals surface area (Å²) in [5.41, 5.74) is 6.65. The van der Waals surface area contributed by atoms with Gasteiger partial charge in [0.1, 0.15) is 11.6 Å². The van der Waals surface area contributed by atoms with Crippen LogP contribution in [0.5, 0.6) is 5.75 Å². The third kappa shape index (κ3) is 8.29. The smallest absolute Gasteiger partial charge is 0.240 e. The molecule has 1 aliphatic heterocycles. The number of piperazine rings is 1. The lowest BCUT2D eigenvalue weighted by atomic mass is 10.1. The number of methoxy groups -OCH3 is 1. The van der Waals surface area contributed by atoms with Crippen LogP contribution in [0.1, 0.15) is 24.0 Å². The molecule has 3 aromatic rings. The molecule has 0 unspecified atom stereocenters. The summed E-state index contributed by atoms with van der Waals surface area (Å²) >= 11 is 3.42. The average Bonchev–Trinajstić information content (AvgIpc) is 2.93. The highest BCUT2D eigenvalue weighted by molar-refractivity contribution is 9.10. The van der Waals surface area contributed by atoms with Gasteiger partial charge in [0, 0.05) is 67.1 Å². The Hall–Kier alpha value is -3.43. The molecule has 0 spiro atoms. The molecule has 0 aliphatic carbocycles. The van der Waals surface area contributed by atoms with E-state index in [4.69, 9.17) is 4.74 Å². The van der Waals surface area contributed by atoms with E-state index in [2.05, 4.69) is 41.6 Å². The van der Waals surface area contributed by atoms with E-state index in [1.165, 1.54) is 12.1 Å². The van der Waals surface area contributed by atoms with Crippen LogP contribution in [-0.2, 0) is 11.3 Å². The normalized spacial score (nSPS) is 14.0. The van der Waals surface area contributed by atoms with E-state index in [1.54, 1.807) is 13.3 Å². The van der Waals surface area contributed by atoms with Crippen LogP contribution in [0.4, 0.5) is 15.8 Å². The SMILES string of the molecule is COc1ccc(/C=N\NC(=O)CCCNc2ccc(Br)cc2)cc1CN1CCN(c2ccc(F)cc2)CC1. The first-order valence-electron chi connectivity index (χ1n) is 12.7. The minimum atomic E-state index is -0.215. The van der Waals surface area contributed by atoms with Crippen LogP contribution in [0.2, 0.25) is 0 Å². The predicted octanol–water partition coefficient (Wildman–Crippen LogP) is 5.26. The zero-order chi connectivity index (χ0) is 26.7. The number of hydrogen-bond donors (Lipinski definition) is 2. The standard InChI is InChI=1S/C29H33BrFN5O2/c1-38-28-13-4-22(20-33-34-29(37)3-2-14-32-26-9-5-24(30)6-10-26)19-23(28)21-35-15-17-36(18-16-35)27-11-7-25(31)8-12-27/h4-13,19-20,32H,2-3,14-18,21H2,1H3,(H,34,37)/b33-20-. The summed E-state index contributed by atoms with van der Waals surface area (Å²) < 4.78 is 19.9. The van der Waals surface area contributed by atoms with Crippen LogP contribution >= 0.6 is 15.9 Å². The molecule has 1 aliphatic rings. The molecule has 4 rings (SSSR count). The van der Waals surface area contributed by atoms with Crippen LogP contribution in [-0.4, -0.2) is 56.9 Å². The lowest BCUT2D eigenvalue weighted by molar-refractivity contribution is -0.121. The van der Waals surface area contributed by atoms with Crippen molar-refractivity contribution in [1.29, 1.82) is 0 Å². The first-order valence-corrected chi connectivity index (χ1v) is 13.5. The topological polar surface area (TPSA) is 69.2 Å². The number of carbonyl (C=O) groups excluding carboxylic acids is 1. The van der Waals surface area contributed by atoms with Gasteiger partial charge in [0.15, 0.2) is 0 Å². The molecule has 3 aromatic carbocycles. The van der Waals surface area contributed by atoms with Crippen LogP contribution < -0.4 is 20.4 Å². The van der Waals surface area contributed by atoms with Crippen molar-refractivity contribution in [2.45, 2.75) is 19.4 Å². The van der Waals surface area contributed by atoms with Gasteiger partial charge in [0.05, 0.1) is 13.3 Å². The zero-order valence-corrected chi connectivity index (χ0v) is 23.1. The highest BCUT2D eigenvalue weighted by Gasteiger charge is 2.19. The second kappa shape index (κ2) is 13.9. The van der Waals surface area contributed by atoms with Crippen molar-refractivity contribution in [2.75, 3.05) is 50.1 Å². The molecular weight excluding hydrogens is 549 g/mol. The van der Waals surface area contributed by atoms with Crippen molar-refractivity contribution in [3.63, 3.8) is 0 Å². The number of hydrazone groups is 1. The van der Waals surface area contributed by atoms with Crippen LogP contribution in [0.15, 0.2) is 76.3 Å². The molecule has 0 bridgehead atoms. The maximum Gasteiger partial charge on any atom is 0.240 e. The third-order valence-corrected chi connectivity index (χ3v) is 6.95. The third-order valence-electron chi connectivity index (χ3n) is 6.42. The van der Waals surface area contributed by atoms with Gasteiger partial charge in [0.25, 0.3) is 0 Å². The second-order valence-corrected chi connectivity index (χ2v) is 10.1. The summed E-state index contributed by atoms with van der Waals surface area (Å²) in [5.74, 6) is 0.490. The molecule has 2 N–H and O–H groups in total. The summed E-state index contributed by atoms with van der Waals surface area (Å²) in [6.45, 7) is 5.00. The summed E-state index contributed by atoms with van der Waals surface area (Å²) in [6, 6.07) is 20.5. The predicted molar refractivity (Wildman–Crippen MR) is 154 cm³/mol. The van der Waals surface area contributed by atoms with Crippen LogP contribution in [0, 0.1) is 5.82 Å². The summed E-state index contributed by atoms with van der Waals surface area (Å²) in [4.78, 5) is 16.8. The molecule has 1 fully saturated rings. The number of ether oxygens (including phenoxy) is 1. The maximum absolute atomic E-state index is 13.2. The van der Waals surface area contributed by atoms with Gasteiger partial charge in [-0.3, -0.25) is 9.69 Å². The van der Waals surface area contributed by atoms with E-state index in [9.17, 15) is 9.18 Å². The van der Waals surface area contributed by atoms with Crippen LogP contribution in [0.3, 0.4) is 0 Å². The largest absolute Gasteiger partial charge is 0.496 e. The molecule has 9 heteroatoms. The fourth-order valence-electron chi connectivity index (χ4n) is 4.34. The van der Waals surface area contributed by atoms with E-state index in [-0.39, 0.29) is 11.7 Å². The van der Waals surface area contributed by atoms with Gasteiger partial charge in [-0.05, 0) is 78.7 Å². The van der Waals surface area contributed by atoms with Crippen molar-refractivity contribution in [1.82, 2.24) is 10.3 Å². The molecule has 1 saturated heterocycles. The minimum absolute atomic E-state index is 0.119. The number of nitrogens with zero attached hydrogens (tertiary/aromatic N) is 3. The van der Waals surface area contributed by atoms with Crippen LogP contribution in [0.25, 0.3) is 0 Å². The Bertz CT molecular complexity index is 1210. The summed E-state index contributed by atoms with van der Waals surface area (Å²) in [5, 5.41) is 7.44. The quantitative estimate of drug-likeness (QED) is 0.184. The molecule has 38 heavy (non-hydrogen) atoms. The van der Waals surface area contributed by atoms with Crippen molar-refractivity contribution in [3.05, 3.63) is 88.1 Å². The first-order chi connectivity index (χ1) is 18.5. The minimum Gasteiger partial charge on any atom is -0.496 e. The summed E-state index contributed by atoms with van der Waals surface area (Å²) in [6.07, 6.45) is 2.75. The average molecular weight is 583 g/mol. The molecule has 0 radical (unpaired) electrons. The van der Waals surface area contributed by atoms with E-state index in [1.807, 2.05) is 54.6 Å². The molecule has 0 atom stereocenters. The Morgan fingerprint density at radius 2 is 1.79 bits per heavy atom. The number of carbonyl (C=O) groups is 1. The van der Waals surface area contributed by atoms with Crippen molar-refractivity contribution in [3.8, 4) is 5.75 Å². The fourth-order valence-corrected chi connectivity index (χ4v) is 4.61. The van der Waals surface area contributed by atoms with Gasteiger partial charge in [0.2, 0.25) is 5.91 Å². The molecule has 0 saturated carbocycles. The maximum atomic E-state index is 13.2.